The van der Waals surface area contributed by atoms with E-state index in [2.05, 4.69) is 22.9 Å². The third kappa shape index (κ3) is 5.05. The van der Waals surface area contributed by atoms with Crippen molar-refractivity contribution in [2.75, 3.05) is 13.7 Å². The molecule has 6 heteroatoms. The molecule has 0 bridgehead atoms. The van der Waals surface area contributed by atoms with Crippen LogP contribution in [-0.2, 0) is 24.3 Å². The Morgan fingerprint density at radius 2 is 1.88 bits per heavy atom. The van der Waals surface area contributed by atoms with Gasteiger partial charge in [-0.2, -0.15) is 5.26 Å². The minimum atomic E-state index is -0.343. The molecule has 1 aromatic heterocycles. The summed E-state index contributed by atoms with van der Waals surface area (Å²) in [6.45, 7) is 1.61. The number of aromatic nitrogens is 1. The number of rotatable bonds is 8. The molecule has 0 amide bonds. The van der Waals surface area contributed by atoms with Crippen LogP contribution in [-0.4, -0.2) is 24.2 Å². The summed E-state index contributed by atoms with van der Waals surface area (Å²) in [5, 5.41) is 10.2. The lowest BCUT2D eigenvalue weighted by Gasteiger charge is -2.09. The zero-order chi connectivity index (χ0) is 23.2. The number of hydrogen-bond acceptors (Lipinski definition) is 5. The van der Waals surface area contributed by atoms with E-state index < -0.39 is 0 Å². The van der Waals surface area contributed by atoms with Gasteiger partial charge in [-0.25, -0.2) is 4.79 Å². The zero-order valence-electron chi connectivity index (χ0n) is 18.5. The van der Waals surface area contributed by atoms with E-state index in [0.29, 0.717) is 30.8 Å². The van der Waals surface area contributed by atoms with E-state index in [1.807, 2.05) is 42.5 Å². The predicted octanol–water partition coefficient (Wildman–Crippen LogP) is 4.43. The quantitative estimate of drug-likeness (QED) is 0.410. The van der Waals surface area contributed by atoms with Gasteiger partial charge in [-0.1, -0.05) is 24.3 Å². The summed E-state index contributed by atoms with van der Waals surface area (Å²) >= 11 is 0. The van der Waals surface area contributed by atoms with E-state index in [1.54, 1.807) is 18.2 Å². The number of benzene rings is 3. The number of nitrogens with two attached hydrogens (primary N) is 1. The van der Waals surface area contributed by atoms with Crippen molar-refractivity contribution in [2.24, 2.45) is 5.73 Å². The van der Waals surface area contributed by atoms with E-state index >= 15 is 0 Å². The van der Waals surface area contributed by atoms with Crippen LogP contribution in [0.1, 0.15) is 32.6 Å². The number of carbonyl (C=O) groups is 1. The summed E-state index contributed by atoms with van der Waals surface area (Å²) in [5.41, 5.74) is 11.3. The van der Waals surface area contributed by atoms with Crippen molar-refractivity contribution in [2.45, 2.75) is 19.6 Å². The number of methoxy groups -OCH3 is 1. The van der Waals surface area contributed by atoms with Crippen LogP contribution in [0.25, 0.3) is 10.9 Å². The highest BCUT2D eigenvalue weighted by Crippen LogP contribution is 2.28. The molecular weight excluding hydrogens is 414 g/mol. The summed E-state index contributed by atoms with van der Waals surface area (Å²) in [6, 6.07) is 23.1. The molecule has 0 aliphatic heterocycles. The van der Waals surface area contributed by atoms with Crippen LogP contribution < -0.4 is 10.5 Å². The molecule has 3 aromatic carbocycles. The second-order valence-corrected chi connectivity index (χ2v) is 7.79. The minimum absolute atomic E-state index is 0.343. The first-order chi connectivity index (χ1) is 16.1. The van der Waals surface area contributed by atoms with Crippen molar-refractivity contribution in [1.29, 1.82) is 5.26 Å². The van der Waals surface area contributed by atoms with Crippen molar-refractivity contribution in [1.82, 2.24) is 4.57 Å². The fraction of sp³-hybridized carbons (Fsp3) is 0.185. The first kappa shape index (κ1) is 22.1. The summed E-state index contributed by atoms with van der Waals surface area (Å²) in [4.78, 5) is 11.7. The van der Waals surface area contributed by atoms with Gasteiger partial charge in [-0.15, -0.1) is 0 Å². The van der Waals surface area contributed by atoms with Gasteiger partial charge in [0, 0.05) is 23.6 Å². The number of ether oxygens (including phenoxy) is 2. The van der Waals surface area contributed by atoms with E-state index in [1.165, 1.54) is 7.11 Å². The molecule has 166 valence electrons. The maximum absolute atomic E-state index is 11.7. The van der Waals surface area contributed by atoms with Crippen LogP contribution in [0.3, 0.4) is 0 Å². The Labute approximate surface area is 192 Å². The highest BCUT2D eigenvalue weighted by atomic mass is 16.5. The van der Waals surface area contributed by atoms with E-state index in [4.69, 9.17) is 20.5 Å². The van der Waals surface area contributed by atoms with Gasteiger partial charge in [0.1, 0.15) is 12.4 Å². The average molecular weight is 440 g/mol. The lowest BCUT2D eigenvalue weighted by Crippen LogP contribution is -2.03. The fourth-order valence-electron chi connectivity index (χ4n) is 3.88. The van der Waals surface area contributed by atoms with Gasteiger partial charge in [0.2, 0.25) is 0 Å². The van der Waals surface area contributed by atoms with Crippen LogP contribution in [0.4, 0.5) is 0 Å². The van der Waals surface area contributed by atoms with Crippen LogP contribution >= 0.6 is 0 Å². The largest absolute Gasteiger partial charge is 0.489 e. The molecule has 4 aromatic rings. The molecule has 0 fully saturated rings. The highest BCUT2D eigenvalue weighted by Gasteiger charge is 2.11. The van der Waals surface area contributed by atoms with Gasteiger partial charge in [0.25, 0.3) is 0 Å². The molecule has 0 saturated carbocycles. The number of esters is 1. The highest BCUT2D eigenvalue weighted by molar-refractivity contribution is 5.89. The predicted molar refractivity (Wildman–Crippen MR) is 127 cm³/mol. The van der Waals surface area contributed by atoms with E-state index in [0.717, 1.165) is 39.8 Å². The third-order valence-corrected chi connectivity index (χ3v) is 5.54. The van der Waals surface area contributed by atoms with Gasteiger partial charge < -0.3 is 19.8 Å². The molecule has 6 nitrogen and oxygen atoms in total. The Balaban J connectivity index is 1.57. The average Bonchev–Trinajstić information content (AvgIpc) is 3.19. The Morgan fingerprint density at radius 1 is 1.06 bits per heavy atom. The Bertz CT molecular complexity index is 1320. The molecule has 33 heavy (non-hydrogen) atoms. The molecule has 0 radical (unpaired) electrons. The first-order valence-corrected chi connectivity index (χ1v) is 10.7. The minimum Gasteiger partial charge on any atom is -0.489 e. The molecule has 0 aliphatic carbocycles. The zero-order valence-corrected chi connectivity index (χ0v) is 18.5. The first-order valence-electron chi connectivity index (χ1n) is 10.7. The van der Waals surface area contributed by atoms with Gasteiger partial charge in [-0.3, -0.25) is 0 Å². The summed E-state index contributed by atoms with van der Waals surface area (Å²) < 4.78 is 13.0. The van der Waals surface area contributed by atoms with Gasteiger partial charge in [0.15, 0.2) is 0 Å². The molecule has 4 rings (SSSR count). The fourth-order valence-corrected chi connectivity index (χ4v) is 3.88. The monoisotopic (exact) mass is 439 g/mol. The molecule has 0 atom stereocenters. The maximum atomic E-state index is 11.7. The molecule has 0 spiro atoms. The molecule has 2 N–H and O–H groups in total. The molecule has 0 unspecified atom stereocenters. The standard InChI is InChI=1S/C27H25N3O3/c1-32-27(31)22-7-5-19(6-8-22)16-30-17-23(11-12-28)25-14-24(9-10-26(25)30)33-18-21-4-2-3-20(13-21)15-29/h2-10,13-14,17H,11-12,16,18,28H2,1H3. The number of carbonyl (C=O) groups excluding carboxylic acids is 1. The molecule has 1 heterocycles. The molecular formula is C27H25N3O3. The summed E-state index contributed by atoms with van der Waals surface area (Å²) in [5.74, 6) is 0.424. The van der Waals surface area contributed by atoms with Gasteiger partial charge >= 0.3 is 5.97 Å². The SMILES string of the molecule is COC(=O)c1ccc(Cn2cc(CCN)c3cc(OCc4cccc(C#N)c4)ccc32)cc1. The lowest BCUT2D eigenvalue weighted by atomic mass is 10.1. The summed E-state index contributed by atoms with van der Waals surface area (Å²) in [7, 11) is 1.38. The van der Waals surface area contributed by atoms with Crippen molar-refractivity contribution in [3.8, 4) is 11.8 Å². The topological polar surface area (TPSA) is 90.3 Å². The van der Waals surface area contributed by atoms with Crippen LogP contribution in [0, 0.1) is 11.3 Å². The smallest absolute Gasteiger partial charge is 0.337 e. The Kier molecular flexibility index (Phi) is 6.72. The molecule has 0 aliphatic rings. The van der Waals surface area contributed by atoms with Gasteiger partial charge in [-0.05, 0) is 72.1 Å². The van der Waals surface area contributed by atoms with E-state index in [9.17, 15) is 4.79 Å². The van der Waals surface area contributed by atoms with Crippen molar-refractivity contribution in [3.05, 3.63) is 101 Å². The van der Waals surface area contributed by atoms with Crippen molar-refractivity contribution in [3.63, 3.8) is 0 Å². The van der Waals surface area contributed by atoms with Crippen molar-refractivity contribution >= 4 is 16.9 Å². The lowest BCUT2D eigenvalue weighted by molar-refractivity contribution is 0.0600. The number of nitrogens with zero attached hydrogens (tertiary/aromatic N) is 2. The summed E-state index contributed by atoms with van der Waals surface area (Å²) in [6.07, 6.45) is 2.89. The Morgan fingerprint density at radius 3 is 2.61 bits per heavy atom. The van der Waals surface area contributed by atoms with Crippen LogP contribution in [0.2, 0.25) is 0 Å². The molecule has 0 saturated heterocycles. The second-order valence-electron chi connectivity index (χ2n) is 7.79. The van der Waals surface area contributed by atoms with E-state index in [-0.39, 0.29) is 5.97 Å². The normalized spacial score (nSPS) is 10.7. The maximum Gasteiger partial charge on any atom is 0.337 e. The Hall–Kier alpha value is -4.08. The number of fused-ring (bicyclic) bond motifs is 1. The number of nitriles is 1. The second kappa shape index (κ2) is 10.0. The van der Waals surface area contributed by atoms with Crippen LogP contribution in [0.15, 0.2) is 72.9 Å². The van der Waals surface area contributed by atoms with Crippen LogP contribution in [0.5, 0.6) is 5.75 Å². The number of hydrogen-bond donors (Lipinski definition) is 1. The van der Waals surface area contributed by atoms with Crippen molar-refractivity contribution < 1.29 is 14.3 Å². The third-order valence-electron chi connectivity index (χ3n) is 5.54. The van der Waals surface area contributed by atoms with Gasteiger partial charge in [0.05, 0.1) is 24.3 Å².